The first-order chi connectivity index (χ1) is 9.20. The summed E-state index contributed by atoms with van der Waals surface area (Å²) in [6.07, 6.45) is 7.34. The van der Waals surface area contributed by atoms with Gasteiger partial charge in [0.15, 0.2) is 0 Å². The van der Waals surface area contributed by atoms with Crippen LogP contribution in [0.5, 0.6) is 0 Å². The van der Waals surface area contributed by atoms with Gasteiger partial charge in [-0.25, -0.2) is 4.39 Å². The summed E-state index contributed by atoms with van der Waals surface area (Å²) in [5, 5.41) is 12.8. The van der Waals surface area contributed by atoms with E-state index in [1.54, 1.807) is 6.07 Å². The van der Waals surface area contributed by atoms with Gasteiger partial charge in [-0.15, -0.1) is 0 Å². The fourth-order valence-corrected chi connectivity index (χ4v) is 2.84. The molecule has 0 aliphatic heterocycles. The molecule has 19 heavy (non-hydrogen) atoms. The maximum Gasteiger partial charge on any atom is 0.123 e. The molecule has 1 saturated carbocycles. The van der Waals surface area contributed by atoms with Crippen LogP contribution < -0.4 is 5.32 Å². The third-order valence-corrected chi connectivity index (χ3v) is 3.93. The molecule has 0 spiro atoms. The number of hydrogen-bond acceptors (Lipinski definition) is 2. The molecule has 1 aromatic carbocycles. The van der Waals surface area contributed by atoms with E-state index in [9.17, 15) is 9.65 Å². The average Bonchev–Trinajstić information content (AvgIpc) is 2.65. The number of rotatable bonds is 3. The van der Waals surface area contributed by atoms with Crippen molar-refractivity contribution in [3.05, 3.63) is 35.1 Å². The van der Waals surface area contributed by atoms with E-state index >= 15 is 0 Å². The van der Waals surface area contributed by atoms with Crippen LogP contribution in [-0.2, 0) is 0 Å². The van der Waals surface area contributed by atoms with Gasteiger partial charge in [0.25, 0.3) is 0 Å². The molecule has 0 heterocycles. The van der Waals surface area contributed by atoms with Gasteiger partial charge in [-0.1, -0.05) is 31.7 Å². The van der Waals surface area contributed by atoms with Gasteiger partial charge in [0.1, 0.15) is 11.9 Å². The van der Waals surface area contributed by atoms with Gasteiger partial charge in [0, 0.05) is 6.04 Å². The Bertz CT molecular complexity index is 456. The number of nitrogens with zero attached hydrogens (tertiary/aromatic N) is 1. The summed E-state index contributed by atoms with van der Waals surface area (Å²) in [6.45, 7) is 1.86. The molecule has 2 rings (SSSR count). The van der Waals surface area contributed by atoms with Crippen molar-refractivity contribution in [3.63, 3.8) is 0 Å². The second-order valence-electron chi connectivity index (χ2n) is 5.42. The van der Waals surface area contributed by atoms with Crippen LogP contribution in [0, 0.1) is 24.1 Å². The predicted molar refractivity (Wildman–Crippen MR) is 74.1 cm³/mol. The minimum atomic E-state index is -0.330. The highest BCUT2D eigenvalue weighted by atomic mass is 19.1. The summed E-state index contributed by atoms with van der Waals surface area (Å²) in [5.41, 5.74) is 1.74. The zero-order valence-corrected chi connectivity index (χ0v) is 11.5. The molecule has 1 aromatic rings. The zero-order chi connectivity index (χ0) is 13.7. The summed E-state index contributed by atoms with van der Waals surface area (Å²) in [7, 11) is 0. The number of halogens is 1. The van der Waals surface area contributed by atoms with E-state index in [4.69, 9.17) is 0 Å². The minimum Gasteiger partial charge on any atom is -0.295 e. The van der Waals surface area contributed by atoms with E-state index in [2.05, 4.69) is 11.4 Å². The maximum absolute atomic E-state index is 13.1. The SMILES string of the molecule is Cc1cc(F)ccc1C(C#N)NC1CCCCCC1. The van der Waals surface area contributed by atoms with Gasteiger partial charge in [-0.3, -0.25) is 5.32 Å². The Morgan fingerprint density at radius 2 is 1.95 bits per heavy atom. The molecule has 1 atom stereocenters. The Kier molecular flexibility index (Phi) is 4.93. The lowest BCUT2D eigenvalue weighted by Crippen LogP contribution is -2.32. The summed E-state index contributed by atoms with van der Waals surface area (Å²) in [6, 6.07) is 7.05. The van der Waals surface area contributed by atoms with Crippen LogP contribution in [0.3, 0.4) is 0 Å². The van der Waals surface area contributed by atoms with Crippen molar-refractivity contribution in [2.24, 2.45) is 0 Å². The topological polar surface area (TPSA) is 35.8 Å². The molecule has 0 saturated heterocycles. The summed E-state index contributed by atoms with van der Waals surface area (Å²) in [4.78, 5) is 0. The summed E-state index contributed by atoms with van der Waals surface area (Å²) in [5.74, 6) is -0.243. The normalized spacial score (nSPS) is 18.6. The van der Waals surface area contributed by atoms with Crippen LogP contribution in [0.4, 0.5) is 4.39 Å². The number of aryl methyl sites for hydroxylation is 1. The number of nitriles is 1. The number of benzene rings is 1. The average molecular weight is 260 g/mol. The highest BCUT2D eigenvalue weighted by molar-refractivity contribution is 5.32. The quantitative estimate of drug-likeness (QED) is 0.833. The summed E-state index contributed by atoms with van der Waals surface area (Å²) < 4.78 is 13.1. The monoisotopic (exact) mass is 260 g/mol. The molecular formula is C16H21FN2. The second kappa shape index (κ2) is 6.68. The largest absolute Gasteiger partial charge is 0.295 e. The molecule has 3 heteroatoms. The first kappa shape index (κ1) is 14.0. The van der Waals surface area contributed by atoms with E-state index in [-0.39, 0.29) is 11.9 Å². The van der Waals surface area contributed by atoms with Crippen LogP contribution >= 0.6 is 0 Å². The van der Waals surface area contributed by atoms with Crippen molar-refractivity contribution in [2.75, 3.05) is 0 Å². The zero-order valence-electron chi connectivity index (χ0n) is 11.5. The van der Waals surface area contributed by atoms with Crippen molar-refractivity contribution >= 4 is 0 Å². The lowest BCUT2D eigenvalue weighted by Gasteiger charge is -2.21. The third-order valence-electron chi connectivity index (χ3n) is 3.93. The van der Waals surface area contributed by atoms with Crippen LogP contribution in [0.15, 0.2) is 18.2 Å². The molecule has 0 aromatic heterocycles. The van der Waals surface area contributed by atoms with E-state index in [1.807, 2.05) is 6.92 Å². The van der Waals surface area contributed by atoms with E-state index in [0.717, 1.165) is 24.0 Å². The molecule has 1 unspecified atom stereocenters. The fraction of sp³-hybridized carbons (Fsp3) is 0.562. The van der Waals surface area contributed by atoms with E-state index < -0.39 is 0 Å². The standard InChI is InChI=1S/C16H21FN2/c1-12-10-13(17)8-9-15(12)16(11-18)19-14-6-4-2-3-5-7-14/h8-10,14,16,19H,2-7H2,1H3. The molecule has 1 aliphatic carbocycles. The Balaban J connectivity index is 2.09. The van der Waals surface area contributed by atoms with Gasteiger partial charge in [0.05, 0.1) is 6.07 Å². The van der Waals surface area contributed by atoms with Crippen molar-refractivity contribution in [1.29, 1.82) is 5.26 Å². The molecule has 102 valence electrons. The minimum absolute atomic E-state index is 0.243. The second-order valence-corrected chi connectivity index (χ2v) is 5.42. The van der Waals surface area contributed by atoms with E-state index in [1.165, 1.54) is 37.8 Å². The molecule has 2 nitrogen and oxygen atoms in total. The third kappa shape index (κ3) is 3.78. The molecule has 1 fully saturated rings. The smallest absolute Gasteiger partial charge is 0.123 e. The molecular weight excluding hydrogens is 239 g/mol. The lowest BCUT2D eigenvalue weighted by molar-refractivity contribution is 0.435. The number of hydrogen-bond donors (Lipinski definition) is 1. The lowest BCUT2D eigenvalue weighted by atomic mass is 9.99. The first-order valence-corrected chi connectivity index (χ1v) is 7.12. The van der Waals surface area contributed by atoms with Gasteiger partial charge < -0.3 is 0 Å². The Morgan fingerprint density at radius 1 is 1.26 bits per heavy atom. The van der Waals surface area contributed by atoms with Crippen LogP contribution in [0.2, 0.25) is 0 Å². The fourth-order valence-electron chi connectivity index (χ4n) is 2.84. The van der Waals surface area contributed by atoms with Crippen LogP contribution in [0.1, 0.15) is 55.7 Å². The first-order valence-electron chi connectivity index (χ1n) is 7.12. The molecule has 0 radical (unpaired) electrons. The maximum atomic E-state index is 13.1. The van der Waals surface area contributed by atoms with Gasteiger partial charge in [-0.05, 0) is 43.0 Å². The van der Waals surface area contributed by atoms with Gasteiger partial charge in [-0.2, -0.15) is 5.26 Å². The Labute approximate surface area is 114 Å². The Hall–Kier alpha value is -1.40. The molecule has 0 bridgehead atoms. The highest BCUT2D eigenvalue weighted by Crippen LogP contribution is 2.23. The predicted octanol–water partition coefficient (Wildman–Crippen LogP) is 4.01. The molecule has 0 amide bonds. The Morgan fingerprint density at radius 3 is 2.53 bits per heavy atom. The molecule has 1 aliphatic rings. The van der Waals surface area contributed by atoms with Crippen LogP contribution in [-0.4, -0.2) is 6.04 Å². The van der Waals surface area contributed by atoms with Crippen LogP contribution in [0.25, 0.3) is 0 Å². The van der Waals surface area contributed by atoms with Crippen molar-refractivity contribution in [3.8, 4) is 6.07 Å². The van der Waals surface area contributed by atoms with Gasteiger partial charge >= 0.3 is 0 Å². The van der Waals surface area contributed by atoms with Crippen molar-refractivity contribution in [2.45, 2.75) is 57.5 Å². The summed E-state index contributed by atoms with van der Waals surface area (Å²) >= 11 is 0. The number of nitrogens with one attached hydrogen (secondary N) is 1. The van der Waals surface area contributed by atoms with E-state index in [0.29, 0.717) is 6.04 Å². The van der Waals surface area contributed by atoms with Gasteiger partial charge in [0.2, 0.25) is 0 Å². The highest BCUT2D eigenvalue weighted by Gasteiger charge is 2.19. The van der Waals surface area contributed by atoms with Crippen molar-refractivity contribution in [1.82, 2.24) is 5.32 Å². The molecule has 1 N–H and O–H groups in total. The van der Waals surface area contributed by atoms with Crippen molar-refractivity contribution < 1.29 is 4.39 Å².